The molecule has 6 rings (SSSR count). The van der Waals surface area contributed by atoms with Gasteiger partial charge in [0.2, 0.25) is 6.10 Å². The lowest BCUT2D eigenvalue weighted by molar-refractivity contribution is -0.148. The maximum Gasteiger partial charge on any atom is 0.337 e. The summed E-state index contributed by atoms with van der Waals surface area (Å²) in [4.78, 5) is 46.9. The van der Waals surface area contributed by atoms with Crippen molar-refractivity contribution in [2.24, 2.45) is 12.2 Å². The molecule has 2 atom stereocenters. The number of carbonyl (C=O) groups is 3. The van der Waals surface area contributed by atoms with E-state index in [1.165, 1.54) is 24.1 Å². The lowest BCUT2D eigenvalue weighted by Gasteiger charge is -2.38. The second-order valence-electron chi connectivity index (χ2n) is 10.4. The van der Waals surface area contributed by atoms with Crippen LogP contribution in [-0.2, 0) is 32.6 Å². The standard InChI is InChI=1S/C32H27ClFN5O5/c1-38-26(13-15-35-38)21-5-3-6-22-20(21)14-16-39(29(22)30(40)36-19-11-9-18(10-12-19)32(42)43-2)31(41)27-17-25(37-44-27)23-7-4-8-24(33)28(23)34/h3-13,15,27,29H,14,16-17H2,1-2H3,(H,36,40)/t27-,29-/m1/s1. The Balaban J connectivity index is 1.32. The zero-order valence-electron chi connectivity index (χ0n) is 23.8. The average molecular weight is 616 g/mol. The normalized spacial score (nSPS) is 17.4. The summed E-state index contributed by atoms with van der Waals surface area (Å²) in [5.41, 5.74) is 4.54. The monoisotopic (exact) mass is 615 g/mol. The number of ether oxygens (including phenoxy) is 1. The molecule has 0 bridgehead atoms. The summed E-state index contributed by atoms with van der Waals surface area (Å²) in [6.07, 6.45) is 1.13. The number of fused-ring (bicyclic) bond motifs is 1. The number of rotatable bonds is 6. The van der Waals surface area contributed by atoms with Gasteiger partial charge in [0.05, 0.1) is 29.1 Å². The average Bonchev–Trinajstić information content (AvgIpc) is 3.70. The van der Waals surface area contributed by atoms with Crippen molar-refractivity contribution in [1.29, 1.82) is 0 Å². The van der Waals surface area contributed by atoms with Gasteiger partial charge in [-0.2, -0.15) is 5.10 Å². The van der Waals surface area contributed by atoms with Gasteiger partial charge in [0, 0.05) is 43.0 Å². The van der Waals surface area contributed by atoms with E-state index in [1.54, 1.807) is 41.2 Å². The number of hydrogen-bond acceptors (Lipinski definition) is 7. The third-order valence-electron chi connectivity index (χ3n) is 7.83. The van der Waals surface area contributed by atoms with Gasteiger partial charge in [-0.05, 0) is 60.0 Å². The zero-order valence-corrected chi connectivity index (χ0v) is 24.5. The van der Waals surface area contributed by atoms with Crippen molar-refractivity contribution in [1.82, 2.24) is 14.7 Å². The Morgan fingerprint density at radius 3 is 2.52 bits per heavy atom. The maximum atomic E-state index is 14.7. The molecule has 3 heterocycles. The molecule has 44 heavy (non-hydrogen) atoms. The molecule has 0 fully saturated rings. The Labute approximate surface area is 257 Å². The summed E-state index contributed by atoms with van der Waals surface area (Å²) in [6, 6.07) is 17.3. The molecule has 0 saturated heterocycles. The van der Waals surface area contributed by atoms with Crippen LogP contribution in [0.4, 0.5) is 10.1 Å². The van der Waals surface area contributed by atoms with E-state index in [1.807, 2.05) is 31.3 Å². The first-order valence-corrected chi connectivity index (χ1v) is 14.2. The second-order valence-corrected chi connectivity index (χ2v) is 10.8. The first-order valence-electron chi connectivity index (χ1n) is 13.8. The number of nitrogens with zero attached hydrogens (tertiary/aromatic N) is 4. The highest BCUT2D eigenvalue weighted by atomic mass is 35.5. The summed E-state index contributed by atoms with van der Waals surface area (Å²) in [7, 11) is 3.13. The Hall–Kier alpha value is -5.03. The third-order valence-corrected chi connectivity index (χ3v) is 8.12. The van der Waals surface area contributed by atoms with Gasteiger partial charge in [0.15, 0.2) is 5.82 Å². The van der Waals surface area contributed by atoms with Gasteiger partial charge < -0.3 is 19.8 Å². The lowest BCUT2D eigenvalue weighted by atomic mass is 9.87. The lowest BCUT2D eigenvalue weighted by Crippen LogP contribution is -2.49. The number of methoxy groups -OCH3 is 1. The summed E-state index contributed by atoms with van der Waals surface area (Å²) >= 11 is 5.95. The van der Waals surface area contributed by atoms with Gasteiger partial charge in [0.1, 0.15) is 6.04 Å². The van der Waals surface area contributed by atoms with Gasteiger partial charge in [0.25, 0.3) is 11.8 Å². The smallest absolute Gasteiger partial charge is 0.337 e. The number of aromatic nitrogens is 2. The highest BCUT2D eigenvalue weighted by molar-refractivity contribution is 6.31. The van der Waals surface area contributed by atoms with Crippen molar-refractivity contribution in [3.05, 3.63) is 106 Å². The van der Waals surface area contributed by atoms with Gasteiger partial charge in [-0.25, -0.2) is 9.18 Å². The number of amides is 2. The number of aryl methyl sites for hydroxylation is 1. The molecule has 0 saturated carbocycles. The van der Waals surface area contributed by atoms with Gasteiger partial charge in [-0.1, -0.05) is 41.0 Å². The van der Waals surface area contributed by atoms with Gasteiger partial charge in [-0.3, -0.25) is 14.3 Å². The highest BCUT2D eigenvalue weighted by Crippen LogP contribution is 2.38. The number of anilines is 1. The highest BCUT2D eigenvalue weighted by Gasteiger charge is 2.42. The molecule has 4 aromatic rings. The second kappa shape index (κ2) is 11.9. The Morgan fingerprint density at radius 2 is 1.80 bits per heavy atom. The topological polar surface area (TPSA) is 115 Å². The number of halogens is 2. The number of benzene rings is 3. The molecular formula is C32H27ClFN5O5. The summed E-state index contributed by atoms with van der Waals surface area (Å²) < 4.78 is 21.2. The minimum atomic E-state index is -1.06. The van der Waals surface area contributed by atoms with Crippen LogP contribution in [-0.4, -0.2) is 57.9 Å². The molecule has 224 valence electrons. The molecule has 0 spiro atoms. The van der Waals surface area contributed by atoms with Crippen LogP contribution < -0.4 is 5.32 Å². The van der Waals surface area contributed by atoms with E-state index in [0.29, 0.717) is 23.2 Å². The molecule has 0 unspecified atom stereocenters. The molecule has 2 amide bonds. The molecule has 10 nitrogen and oxygen atoms in total. The Bertz CT molecular complexity index is 1800. The van der Waals surface area contributed by atoms with Crippen LogP contribution in [0.5, 0.6) is 0 Å². The van der Waals surface area contributed by atoms with Crippen molar-refractivity contribution >= 4 is 40.8 Å². The van der Waals surface area contributed by atoms with E-state index in [2.05, 4.69) is 15.6 Å². The fraction of sp³-hybridized carbons (Fsp3) is 0.219. The van der Waals surface area contributed by atoms with Crippen LogP contribution >= 0.6 is 11.6 Å². The molecule has 2 aliphatic rings. The molecular weight excluding hydrogens is 589 g/mol. The van der Waals surface area contributed by atoms with Crippen LogP contribution in [0.25, 0.3) is 11.3 Å². The molecule has 2 aliphatic heterocycles. The van der Waals surface area contributed by atoms with Crippen molar-refractivity contribution in [3.63, 3.8) is 0 Å². The Morgan fingerprint density at radius 1 is 1.05 bits per heavy atom. The first kappa shape index (κ1) is 29.1. The van der Waals surface area contributed by atoms with E-state index >= 15 is 0 Å². The summed E-state index contributed by atoms with van der Waals surface area (Å²) in [5.74, 6) is -2.05. The minimum absolute atomic E-state index is 0.0117. The van der Waals surface area contributed by atoms with Crippen molar-refractivity contribution in [3.8, 4) is 11.3 Å². The fourth-order valence-corrected chi connectivity index (χ4v) is 5.84. The quantitative estimate of drug-likeness (QED) is 0.308. The number of esters is 1. The number of oxime groups is 1. The molecule has 1 aromatic heterocycles. The van der Waals surface area contributed by atoms with Gasteiger partial charge >= 0.3 is 5.97 Å². The predicted octanol–water partition coefficient (Wildman–Crippen LogP) is 4.92. The van der Waals surface area contributed by atoms with Gasteiger partial charge in [-0.15, -0.1) is 0 Å². The van der Waals surface area contributed by atoms with Crippen molar-refractivity contribution < 1.29 is 28.3 Å². The third kappa shape index (κ3) is 5.30. The fourth-order valence-electron chi connectivity index (χ4n) is 5.67. The molecule has 12 heteroatoms. The number of nitrogens with one attached hydrogen (secondary N) is 1. The Kier molecular flexibility index (Phi) is 7.88. The zero-order chi connectivity index (χ0) is 31.0. The van der Waals surface area contributed by atoms with E-state index < -0.39 is 35.7 Å². The molecule has 0 radical (unpaired) electrons. The van der Waals surface area contributed by atoms with Crippen LogP contribution in [0.1, 0.15) is 39.5 Å². The van der Waals surface area contributed by atoms with Crippen LogP contribution in [0.2, 0.25) is 5.02 Å². The van der Waals surface area contributed by atoms with Crippen molar-refractivity contribution in [2.75, 3.05) is 19.0 Å². The van der Waals surface area contributed by atoms with E-state index in [4.69, 9.17) is 21.2 Å². The molecule has 0 aliphatic carbocycles. The van der Waals surface area contributed by atoms with E-state index in [-0.39, 0.29) is 29.3 Å². The minimum Gasteiger partial charge on any atom is -0.465 e. The summed E-state index contributed by atoms with van der Waals surface area (Å²) in [5, 5.41) is 11.1. The molecule has 3 aromatic carbocycles. The number of hydrogen-bond donors (Lipinski definition) is 1. The van der Waals surface area contributed by atoms with E-state index in [9.17, 15) is 18.8 Å². The number of carbonyl (C=O) groups excluding carboxylic acids is 3. The van der Waals surface area contributed by atoms with Crippen LogP contribution in [0.15, 0.2) is 78.1 Å². The van der Waals surface area contributed by atoms with E-state index in [0.717, 1.165) is 16.8 Å². The SMILES string of the molecule is COC(=O)c1ccc(NC(=O)[C@H]2c3cccc(-c4ccnn4C)c3CCN2C(=O)[C@H]2CC(c3cccc(Cl)c3F)=NO2)cc1. The van der Waals surface area contributed by atoms with Crippen LogP contribution in [0.3, 0.4) is 0 Å². The maximum absolute atomic E-state index is 14.7. The molecule has 1 N–H and O–H groups in total. The summed E-state index contributed by atoms with van der Waals surface area (Å²) in [6.45, 7) is 0.223. The van der Waals surface area contributed by atoms with Crippen LogP contribution in [0, 0.1) is 5.82 Å². The first-order chi connectivity index (χ1) is 21.3. The largest absolute Gasteiger partial charge is 0.465 e. The van der Waals surface area contributed by atoms with Crippen molar-refractivity contribution in [2.45, 2.75) is 25.0 Å². The predicted molar refractivity (Wildman–Crippen MR) is 161 cm³/mol.